The molecule has 0 saturated heterocycles. The van der Waals surface area contributed by atoms with Crippen LogP contribution < -0.4 is 5.32 Å². The highest BCUT2D eigenvalue weighted by atomic mass is 15.0. The van der Waals surface area contributed by atoms with Crippen LogP contribution in [0.2, 0.25) is 0 Å². The number of aromatic nitrogens is 1. The van der Waals surface area contributed by atoms with Crippen molar-refractivity contribution < 1.29 is 0 Å². The lowest BCUT2D eigenvalue weighted by Crippen LogP contribution is -2.45. The normalized spacial score (nSPS) is 50.3. The second kappa shape index (κ2) is 3.41. The van der Waals surface area contributed by atoms with Crippen molar-refractivity contribution in [3.63, 3.8) is 0 Å². The van der Waals surface area contributed by atoms with E-state index in [9.17, 15) is 0 Å². The van der Waals surface area contributed by atoms with E-state index >= 15 is 0 Å². The molecule has 2 nitrogen and oxygen atoms in total. The average molecular weight is 254 g/mol. The van der Waals surface area contributed by atoms with Crippen LogP contribution in [0.15, 0.2) is 24.4 Å². The topological polar surface area (TPSA) is 24.9 Å². The Bertz CT molecular complexity index is 511. The highest BCUT2D eigenvalue weighted by Gasteiger charge is 2.75. The molecule has 7 unspecified atom stereocenters. The first-order chi connectivity index (χ1) is 9.28. The minimum Gasteiger partial charge on any atom is -0.305 e. The average Bonchev–Trinajstić information content (AvgIpc) is 3.12. The molecule has 1 N–H and O–H groups in total. The molecule has 1 aromatic heterocycles. The molecule has 19 heavy (non-hydrogen) atoms. The zero-order valence-electron chi connectivity index (χ0n) is 11.5. The van der Waals surface area contributed by atoms with E-state index in [4.69, 9.17) is 0 Å². The predicted octanol–water partition coefficient (Wildman–Crippen LogP) is 3.17. The Kier molecular flexibility index (Phi) is 1.94. The van der Waals surface area contributed by atoms with Crippen LogP contribution in [-0.2, 0) is 0 Å². The number of fused-ring (bicyclic) bond motifs is 1. The van der Waals surface area contributed by atoms with Gasteiger partial charge in [-0.05, 0) is 73.8 Å². The zero-order valence-corrected chi connectivity index (χ0v) is 11.5. The van der Waals surface area contributed by atoms with E-state index in [1.807, 2.05) is 12.3 Å². The van der Waals surface area contributed by atoms with Crippen molar-refractivity contribution in [1.29, 1.82) is 0 Å². The quantitative estimate of drug-likeness (QED) is 0.896. The van der Waals surface area contributed by atoms with E-state index in [-0.39, 0.29) is 0 Å². The zero-order chi connectivity index (χ0) is 12.6. The molecule has 4 saturated carbocycles. The van der Waals surface area contributed by atoms with Gasteiger partial charge in [-0.2, -0.15) is 0 Å². The number of pyridine rings is 1. The highest BCUT2D eigenvalue weighted by Crippen LogP contribution is 2.81. The second-order valence-electron chi connectivity index (χ2n) is 7.51. The summed E-state index contributed by atoms with van der Waals surface area (Å²) < 4.78 is 0. The Morgan fingerprint density at radius 1 is 1.21 bits per heavy atom. The van der Waals surface area contributed by atoms with Crippen LogP contribution in [0.1, 0.15) is 44.3 Å². The number of nitrogens with zero attached hydrogens (tertiary/aromatic N) is 1. The van der Waals surface area contributed by atoms with Crippen LogP contribution in [-0.4, -0.2) is 11.0 Å². The van der Waals surface area contributed by atoms with Crippen LogP contribution in [0.5, 0.6) is 0 Å². The van der Waals surface area contributed by atoms with E-state index in [2.05, 4.69) is 29.4 Å². The maximum absolute atomic E-state index is 4.51. The molecular formula is C17H22N2. The molecule has 7 atom stereocenters. The minimum atomic E-state index is 0.401. The molecule has 100 valence electrons. The molecular weight excluding hydrogens is 232 g/mol. The minimum absolute atomic E-state index is 0.401. The standard InChI is InChI=1S/C17H22N2/c1-10(15-4-2-3-5-18-15)19-16-11-6-12-8-17(9-14(16)17)13(12)7-11/h2-5,10-14,16,19H,6-9H2,1H3. The molecule has 0 radical (unpaired) electrons. The summed E-state index contributed by atoms with van der Waals surface area (Å²) >= 11 is 0. The Morgan fingerprint density at radius 3 is 3.00 bits per heavy atom. The van der Waals surface area contributed by atoms with Crippen LogP contribution >= 0.6 is 0 Å². The molecule has 5 rings (SSSR count). The van der Waals surface area contributed by atoms with Crippen molar-refractivity contribution in [3.8, 4) is 0 Å². The fourth-order valence-electron chi connectivity index (χ4n) is 5.95. The van der Waals surface area contributed by atoms with Gasteiger partial charge in [0.15, 0.2) is 0 Å². The predicted molar refractivity (Wildman–Crippen MR) is 74.4 cm³/mol. The first-order valence-corrected chi connectivity index (χ1v) is 7.95. The van der Waals surface area contributed by atoms with Gasteiger partial charge in [0, 0.05) is 18.3 Å². The molecule has 4 aliphatic carbocycles. The van der Waals surface area contributed by atoms with Crippen LogP contribution in [0.25, 0.3) is 0 Å². The first kappa shape index (κ1) is 10.8. The number of rotatable bonds is 3. The largest absolute Gasteiger partial charge is 0.305 e. The molecule has 4 aliphatic rings. The van der Waals surface area contributed by atoms with E-state index in [1.165, 1.54) is 25.0 Å². The van der Waals surface area contributed by atoms with E-state index in [1.54, 1.807) is 6.42 Å². The van der Waals surface area contributed by atoms with Crippen LogP contribution in [0.3, 0.4) is 0 Å². The van der Waals surface area contributed by atoms with Crippen molar-refractivity contribution >= 4 is 0 Å². The SMILES string of the molecule is CC(NC1C2CC3CC4(CC14)C3C2)c1ccccn1. The molecule has 0 amide bonds. The summed E-state index contributed by atoms with van der Waals surface area (Å²) in [5, 5.41) is 3.94. The summed E-state index contributed by atoms with van der Waals surface area (Å²) in [6, 6.07) is 7.44. The summed E-state index contributed by atoms with van der Waals surface area (Å²) in [5.41, 5.74) is 2.02. The fraction of sp³-hybridized carbons (Fsp3) is 0.706. The molecule has 2 heteroatoms. The van der Waals surface area contributed by atoms with Gasteiger partial charge in [-0.1, -0.05) is 6.07 Å². The van der Waals surface area contributed by atoms with Gasteiger partial charge in [0.05, 0.1) is 5.69 Å². The van der Waals surface area contributed by atoms with Gasteiger partial charge in [-0.3, -0.25) is 4.98 Å². The van der Waals surface area contributed by atoms with Crippen molar-refractivity contribution in [1.82, 2.24) is 10.3 Å². The molecule has 1 spiro atoms. The van der Waals surface area contributed by atoms with E-state index in [0.29, 0.717) is 6.04 Å². The van der Waals surface area contributed by atoms with Gasteiger partial charge >= 0.3 is 0 Å². The van der Waals surface area contributed by atoms with Crippen molar-refractivity contribution in [3.05, 3.63) is 30.1 Å². The van der Waals surface area contributed by atoms with Gasteiger partial charge in [0.2, 0.25) is 0 Å². The molecule has 0 aliphatic heterocycles. The third kappa shape index (κ3) is 1.29. The fourth-order valence-corrected chi connectivity index (χ4v) is 5.95. The van der Waals surface area contributed by atoms with Crippen LogP contribution in [0.4, 0.5) is 0 Å². The lowest BCUT2D eigenvalue weighted by molar-refractivity contribution is 0.0446. The van der Waals surface area contributed by atoms with Gasteiger partial charge in [0.1, 0.15) is 0 Å². The molecule has 1 heterocycles. The Labute approximate surface area is 115 Å². The van der Waals surface area contributed by atoms with E-state index < -0.39 is 0 Å². The molecule has 2 bridgehead atoms. The Hall–Kier alpha value is -0.890. The summed E-state index contributed by atoms with van der Waals surface area (Å²) in [5.74, 6) is 4.20. The van der Waals surface area contributed by atoms with Crippen molar-refractivity contribution in [2.45, 2.75) is 44.7 Å². The maximum Gasteiger partial charge on any atom is 0.0570 e. The smallest absolute Gasteiger partial charge is 0.0570 e. The van der Waals surface area contributed by atoms with Crippen LogP contribution in [0, 0.1) is 29.1 Å². The molecule has 4 fully saturated rings. The monoisotopic (exact) mass is 254 g/mol. The summed E-state index contributed by atoms with van der Waals surface area (Å²) in [6.45, 7) is 2.28. The second-order valence-corrected chi connectivity index (χ2v) is 7.51. The van der Waals surface area contributed by atoms with Gasteiger partial charge < -0.3 is 5.32 Å². The maximum atomic E-state index is 4.51. The van der Waals surface area contributed by atoms with Crippen molar-refractivity contribution in [2.24, 2.45) is 29.1 Å². The van der Waals surface area contributed by atoms with Gasteiger partial charge in [-0.15, -0.1) is 0 Å². The number of nitrogens with one attached hydrogen (secondary N) is 1. The van der Waals surface area contributed by atoms with Crippen molar-refractivity contribution in [2.75, 3.05) is 0 Å². The lowest BCUT2D eigenvalue weighted by atomic mass is 9.61. The summed E-state index contributed by atoms with van der Waals surface area (Å²) in [7, 11) is 0. The Balaban J connectivity index is 1.37. The van der Waals surface area contributed by atoms with Gasteiger partial charge in [-0.25, -0.2) is 0 Å². The third-order valence-electron chi connectivity index (χ3n) is 6.81. The Morgan fingerprint density at radius 2 is 2.16 bits per heavy atom. The van der Waals surface area contributed by atoms with Gasteiger partial charge in [0.25, 0.3) is 0 Å². The summed E-state index contributed by atoms with van der Waals surface area (Å²) in [4.78, 5) is 4.51. The first-order valence-electron chi connectivity index (χ1n) is 7.95. The summed E-state index contributed by atoms with van der Waals surface area (Å²) in [6.07, 6.45) is 8.03. The lowest BCUT2D eigenvalue weighted by Gasteiger charge is -2.45. The highest BCUT2D eigenvalue weighted by molar-refractivity contribution is 5.26. The third-order valence-corrected chi connectivity index (χ3v) is 6.81. The number of hydrogen-bond acceptors (Lipinski definition) is 2. The number of hydrogen-bond donors (Lipinski definition) is 1. The molecule has 1 aromatic rings. The van der Waals surface area contributed by atoms with E-state index in [0.717, 1.165) is 35.1 Å². The molecule has 0 aromatic carbocycles.